The summed E-state index contributed by atoms with van der Waals surface area (Å²) < 4.78 is 1.91. The minimum atomic E-state index is 0.735. The SMILES string of the molecule is CCNC(CCc1cnn(C)c1)C1C2CCCCC21. The Morgan fingerprint density at radius 1 is 1.37 bits per heavy atom. The van der Waals surface area contributed by atoms with Crippen LogP contribution in [0.1, 0.15) is 44.6 Å². The molecule has 1 N–H and O–H groups in total. The summed E-state index contributed by atoms with van der Waals surface area (Å²) in [5.41, 5.74) is 1.38. The number of rotatable bonds is 6. The Labute approximate surface area is 116 Å². The van der Waals surface area contributed by atoms with Crippen LogP contribution in [0.5, 0.6) is 0 Å². The van der Waals surface area contributed by atoms with Crippen molar-refractivity contribution in [3.05, 3.63) is 18.0 Å². The molecule has 3 unspecified atom stereocenters. The van der Waals surface area contributed by atoms with Crippen molar-refractivity contribution in [2.24, 2.45) is 24.8 Å². The van der Waals surface area contributed by atoms with Crippen molar-refractivity contribution in [3.8, 4) is 0 Å². The summed E-state index contributed by atoms with van der Waals surface area (Å²) in [6, 6.07) is 0.735. The molecule has 3 atom stereocenters. The van der Waals surface area contributed by atoms with E-state index in [1.54, 1.807) is 0 Å². The molecule has 2 aliphatic carbocycles. The van der Waals surface area contributed by atoms with Crippen molar-refractivity contribution in [3.63, 3.8) is 0 Å². The van der Waals surface area contributed by atoms with Crippen LogP contribution in [-0.4, -0.2) is 22.4 Å². The van der Waals surface area contributed by atoms with Crippen molar-refractivity contribution >= 4 is 0 Å². The van der Waals surface area contributed by atoms with Gasteiger partial charge in [-0.1, -0.05) is 19.8 Å². The number of aryl methyl sites for hydroxylation is 2. The Bertz CT molecular complexity index is 400. The number of fused-ring (bicyclic) bond motifs is 1. The first kappa shape index (κ1) is 13.2. The molecule has 19 heavy (non-hydrogen) atoms. The summed E-state index contributed by atoms with van der Waals surface area (Å²) in [7, 11) is 2.00. The van der Waals surface area contributed by atoms with Crippen LogP contribution in [0, 0.1) is 17.8 Å². The molecule has 1 aromatic heterocycles. The predicted molar refractivity (Wildman–Crippen MR) is 77.9 cm³/mol. The van der Waals surface area contributed by atoms with E-state index in [-0.39, 0.29) is 0 Å². The van der Waals surface area contributed by atoms with Gasteiger partial charge in [0.05, 0.1) is 6.20 Å². The number of hydrogen-bond donors (Lipinski definition) is 1. The van der Waals surface area contributed by atoms with E-state index < -0.39 is 0 Å². The fraction of sp³-hybridized carbons (Fsp3) is 0.812. The first-order chi connectivity index (χ1) is 9.29. The second kappa shape index (κ2) is 5.66. The van der Waals surface area contributed by atoms with Crippen LogP contribution in [0.4, 0.5) is 0 Å². The number of nitrogens with one attached hydrogen (secondary N) is 1. The lowest BCUT2D eigenvalue weighted by molar-refractivity contribution is 0.415. The van der Waals surface area contributed by atoms with E-state index in [1.807, 2.05) is 17.9 Å². The topological polar surface area (TPSA) is 29.9 Å². The Kier molecular flexibility index (Phi) is 3.92. The molecule has 3 rings (SSSR count). The van der Waals surface area contributed by atoms with Gasteiger partial charge in [-0.25, -0.2) is 0 Å². The number of aromatic nitrogens is 2. The first-order valence-corrected chi connectivity index (χ1v) is 8.00. The summed E-state index contributed by atoms with van der Waals surface area (Å²) in [5, 5.41) is 8.02. The first-order valence-electron chi connectivity index (χ1n) is 8.00. The second-order valence-corrected chi connectivity index (χ2v) is 6.41. The highest BCUT2D eigenvalue weighted by molar-refractivity contribution is 5.08. The highest BCUT2D eigenvalue weighted by Crippen LogP contribution is 2.57. The average Bonchev–Trinajstić information content (AvgIpc) is 3.00. The quantitative estimate of drug-likeness (QED) is 0.853. The molecule has 2 fully saturated rings. The summed E-state index contributed by atoms with van der Waals surface area (Å²) in [5.74, 6) is 3.07. The third-order valence-corrected chi connectivity index (χ3v) is 5.16. The molecular formula is C16H27N3. The smallest absolute Gasteiger partial charge is 0.0521 e. The van der Waals surface area contributed by atoms with E-state index in [9.17, 15) is 0 Å². The van der Waals surface area contributed by atoms with Crippen LogP contribution in [0.25, 0.3) is 0 Å². The molecule has 0 spiro atoms. The molecule has 3 heteroatoms. The molecule has 1 heterocycles. The minimum absolute atomic E-state index is 0.735. The average molecular weight is 261 g/mol. The van der Waals surface area contributed by atoms with Crippen LogP contribution < -0.4 is 5.32 Å². The molecule has 2 saturated carbocycles. The Morgan fingerprint density at radius 3 is 2.68 bits per heavy atom. The maximum absolute atomic E-state index is 4.27. The minimum Gasteiger partial charge on any atom is -0.314 e. The summed E-state index contributed by atoms with van der Waals surface area (Å²) in [4.78, 5) is 0. The molecule has 0 radical (unpaired) electrons. The van der Waals surface area contributed by atoms with Crippen LogP contribution in [0.3, 0.4) is 0 Å². The highest BCUT2D eigenvalue weighted by atomic mass is 15.2. The Morgan fingerprint density at radius 2 is 2.11 bits per heavy atom. The van der Waals surface area contributed by atoms with Crippen molar-refractivity contribution in [1.29, 1.82) is 0 Å². The van der Waals surface area contributed by atoms with E-state index in [0.717, 1.165) is 30.3 Å². The molecule has 0 bridgehead atoms. The van der Waals surface area contributed by atoms with Crippen molar-refractivity contribution < 1.29 is 0 Å². The summed E-state index contributed by atoms with van der Waals surface area (Å²) in [6.07, 6.45) is 12.5. The van der Waals surface area contributed by atoms with Crippen LogP contribution in [0.2, 0.25) is 0 Å². The zero-order valence-electron chi connectivity index (χ0n) is 12.3. The molecule has 0 saturated heterocycles. The number of hydrogen-bond acceptors (Lipinski definition) is 2. The van der Waals surface area contributed by atoms with Crippen LogP contribution in [-0.2, 0) is 13.5 Å². The van der Waals surface area contributed by atoms with Gasteiger partial charge in [-0.05, 0) is 55.5 Å². The van der Waals surface area contributed by atoms with Gasteiger partial charge in [0.15, 0.2) is 0 Å². The van der Waals surface area contributed by atoms with Gasteiger partial charge in [0, 0.05) is 19.3 Å². The lowest BCUT2D eigenvalue weighted by atomic mass is 10.0. The zero-order chi connectivity index (χ0) is 13.2. The molecular weight excluding hydrogens is 234 g/mol. The molecule has 0 aromatic carbocycles. The fourth-order valence-electron chi connectivity index (χ4n) is 4.26. The highest BCUT2D eigenvalue weighted by Gasteiger charge is 2.53. The Hall–Kier alpha value is -0.830. The second-order valence-electron chi connectivity index (χ2n) is 6.41. The van der Waals surface area contributed by atoms with Crippen LogP contribution in [0.15, 0.2) is 12.4 Å². The standard InChI is InChI=1S/C16H27N3/c1-3-17-15(9-8-12-10-18-19(2)11-12)16-13-6-4-5-7-14(13)16/h10-11,13-17H,3-9H2,1-2H3. The lowest BCUT2D eigenvalue weighted by Crippen LogP contribution is -2.32. The normalized spacial score (nSPS) is 30.9. The monoisotopic (exact) mass is 261 g/mol. The number of nitrogens with zero attached hydrogens (tertiary/aromatic N) is 2. The molecule has 0 amide bonds. The van der Waals surface area contributed by atoms with E-state index in [1.165, 1.54) is 44.1 Å². The van der Waals surface area contributed by atoms with Gasteiger partial charge < -0.3 is 5.32 Å². The molecule has 106 valence electrons. The van der Waals surface area contributed by atoms with Gasteiger partial charge >= 0.3 is 0 Å². The van der Waals surface area contributed by atoms with Gasteiger partial charge in [-0.2, -0.15) is 5.10 Å². The summed E-state index contributed by atoms with van der Waals surface area (Å²) in [6.45, 7) is 3.34. The van der Waals surface area contributed by atoms with Crippen molar-refractivity contribution in [2.75, 3.05) is 6.54 Å². The van der Waals surface area contributed by atoms with E-state index in [4.69, 9.17) is 0 Å². The third kappa shape index (κ3) is 2.86. The van der Waals surface area contributed by atoms with E-state index in [2.05, 4.69) is 23.5 Å². The fourth-order valence-corrected chi connectivity index (χ4v) is 4.26. The van der Waals surface area contributed by atoms with Crippen LogP contribution >= 0.6 is 0 Å². The van der Waals surface area contributed by atoms with Gasteiger partial charge in [-0.3, -0.25) is 4.68 Å². The Balaban J connectivity index is 1.55. The maximum Gasteiger partial charge on any atom is 0.0521 e. The van der Waals surface area contributed by atoms with E-state index >= 15 is 0 Å². The van der Waals surface area contributed by atoms with Crippen molar-refractivity contribution in [1.82, 2.24) is 15.1 Å². The van der Waals surface area contributed by atoms with E-state index in [0.29, 0.717) is 0 Å². The molecule has 1 aromatic rings. The van der Waals surface area contributed by atoms with Gasteiger partial charge in [0.2, 0.25) is 0 Å². The van der Waals surface area contributed by atoms with Gasteiger partial charge in [0.25, 0.3) is 0 Å². The third-order valence-electron chi connectivity index (χ3n) is 5.16. The van der Waals surface area contributed by atoms with Gasteiger partial charge in [-0.15, -0.1) is 0 Å². The predicted octanol–water partition coefficient (Wildman–Crippen LogP) is 2.77. The summed E-state index contributed by atoms with van der Waals surface area (Å²) >= 11 is 0. The van der Waals surface area contributed by atoms with Crippen molar-refractivity contribution in [2.45, 2.75) is 51.5 Å². The molecule has 3 nitrogen and oxygen atoms in total. The molecule has 0 aliphatic heterocycles. The zero-order valence-corrected chi connectivity index (χ0v) is 12.3. The largest absolute Gasteiger partial charge is 0.314 e. The molecule has 2 aliphatic rings. The van der Waals surface area contributed by atoms with Gasteiger partial charge in [0.1, 0.15) is 0 Å². The lowest BCUT2D eigenvalue weighted by Gasteiger charge is -2.18. The maximum atomic E-state index is 4.27.